The lowest BCUT2D eigenvalue weighted by Gasteiger charge is -2.33. The van der Waals surface area contributed by atoms with E-state index in [1.165, 1.54) is 5.56 Å². The van der Waals surface area contributed by atoms with E-state index in [2.05, 4.69) is 22.8 Å². The first-order valence-electron chi connectivity index (χ1n) is 8.11. The quantitative estimate of drug-likeness (QED) is 0.829. The van der Waals surface area contributed by atoms with Gasteiger partial charge in [-0.1, -0.05) is 42.5 Å². The van der Waals surface area contributed by atoms with Gasteiger partial charge in [0.15, 0.2) is 11.5 Å². The Hall–Kier alpha value is -2.24. The number of benzene rings is 2. The average molecular weight is 363 g/mol. The molecule has 0 aliphatic carbocycles. The first-order valence-corrected chi connectivity index (χ1v) is 8.11. The molecule has 0 radical (unpaired) electrons. The number of methoxy groups -OCH3 is 1. The molecular weight excluding hydrogens is 340 g/mol. The molecule has 0 bridgehead atoms. The van der Waals surface area contributed by atoms with Crippen LogP contribution in [0.3, 0.4) is 0 Å². The van der Waals surface area contributed by atoms with Crippen LogP contribution >= 0.6 is 12.4 Å². The van der Waals surface area contributed by atoms with Crippen molar-refractivity contribution in [2.75, 3.05) is 20.3 Å². The van der Waals surface area contributed by atoms with E-state index in [-0.39, 0.29) is 30.4 Å². The highest BCUT2D eigenvalue weighted by Crippen LogP contribution is 2.27. The summed E-state index contributed by atoms with van der Waals surface area (Å²) < 4.78 is 11.1. The molecule has 1 heterocycles. The van der Waals surface area contributed by atoms with Gasteiger partial charge < -0.3 is 14.8 Å². The summed E-state index contributed by atoms with van der Waals surface area (Å²) >= 11 is 0. The van der Waals surface area contributed by atoms with Crippen LogP contribution in [0.1, 0.15) is 18.0 Å². The molecule has 2 aromatic rings. The van der Waals surface area contributed by atoms with Gasteiger partial charge >= 0.3 is 0 Å². The van der Waals surface area contributed by atoms with E-state index < -0.39 is 0 Å². The Morgan fingerprint density at radius 3 is 2.44 bits per heavy atom. The van der Waals surface area contributed by atoms with Crippen LogP contribution in [0.2, 0.25) is 0 Å². The van der Waals surface area contributed by atoms with Crippen LogP contribution in [0.15, 0.2) is 54.6 Å². The third kappa shape index (κ3) is 4.87. The first kappa shape index (κ1) is 19.1. The molecule has 2 N–H and O–H groups in total. The van der Waals surface area contributed by atoms with Gasteiger partial charge in [-0.25, -0.2) is 0 Å². The van der Waals surface area contributed by atoms with E-state index in [1.807, 2.05) is 42.5 Å². The number of hydrogen-bond acceptors (Lipinski definition) is 4. The van der Waals surface area contributed by atoms with Crippen LogP contribution in [-0.2, 0) is 4.79 Å². The van der Waals surface area contributed by atoms with Crippen molar-refractivity contribution in [2.24, 2.45) is 0 Å². The van der Waals surface area contributed by atoms with Gasteiger partial charge in [-0.05, 0) is 17.7 Å². The maximum atomic E-state index is 11.7. The Labute approximate surface area is 154 Å². The minimum absolute atomic E-state index is 0. The number of hydrogen-bond donors (Lipinski definition) is 2. The number of carbonyl (C=O) groups excluding carboxylic acids is 1. The summed E-state index contributed by atoms with van der Waals surface area (Å²) in [6.45, 7) is 0.833. The lowest BCUT2D eigenvalue weighted by atomic mass is 9.95. The zero-order valence-electron chi connectivity index (χ0n) is 14.1. The van der Waals surface area contributed by atoms with Crippen LogP contribution in [0.25, 0.3) is 0 Å². The van der Waals surface area contributed by atoms with Crippen LogP contribution in [0.4, 0.5) is 0 Å². The molecule has 0 spiro atoms. The fraction of sp³-hybridized carbons (Fsp3) is 0.316. The molecule has 134 valence electrons. The van der Waals surface area contributed by atoms with E-state index in [9.17, 15) is 4.79 Å². The van der Waals surface area contributed by atoms with Gasteiger partial charge in [-0.2, -0.15) is 0 Å². The molecule has 0 aromatic heterocycles. The molecule has 1 amide bonds. The molecule has 0 unspecified atom stereocenters. The summed E-state index contributed by atoms with van der Waals surface area (Å²) in [5.74, 6) is 1.44. The molecule has 6 heteroatoms. The van der Waals surface area contributed by atoms with E-state index in [1.54, 1.807) is 7.11 Å². The van der Waals surface area contributed by atoms with Crippen molar-refractivity contribution < 1.29 is 14.3 Å². The van der Waals surface area contributed by atoms with Crippen molar-refractivity contribution in [3.8, 4) is 11.5 Å². The van der Waals surface area contributed by atoms with Gasteiger partial charge in [-0.15, -0.1) is 12.4 Å². The standard InChI is InChI=1S/C19H22N2O3.ClH/c1-23-16-9-5-6-10-17(16)24-12-11-15-19(20-13-18(22)21-15)14-7-3-2-4-8-14;/h2-10,15,19-20H,11-13H2,1H3,(H,21,22);1H/t15-,19-;/m0./s1. The minimum Gasteiger partial charge on any atom is -0.493 e. The van der Waals surface area contributed by atoms with Crippen LogP contribution < -0.4 is 20.1 Å². The summed E-state index contributed by atoms with van der Waals surface area (Å²) in [6, 6.07) is 17.8. The van der Waals surface area contributed by atoms with Crippen molar-refractivity contribution in [1.82, 2.24) is 10.6 Å². The highest BCUT2D eigenvalue weighted by molar-refractivity contribution is 5.85. The molecule has 25 heavy (non-hydrogen) atoms. The second kappa shape index (κ2) is 9.30. The maximum Gasteiger partial charge on any atom is 0.234 e. The summed E-state index contributed by atoms with van der Waals surface area (Å²) in [7, 11) is 1.62. The number of piperazine rings is 1. The highest BCUT2D eigenvalue weighted by Gasteiger charge is 2.29. The maximum absolute atomic E-state index is 11.7. The van der Waals surface area contributed by atoms with Crippen LogP contribution in [-0.4, -0.2) is 32.2 Å². The third-order valence-corrected chi connectivity index (χ3v) is 4.15. The molecule has 1 aliphatic heterocycles. The first-order chi connectivity index (χ1) is 11.8. The number of para-hydroxylation sites is 2. The smallest absolute Gasteiger partial charge is 0.234 e. The van der Waals surface area contributed by atoms with Crippen molar-refractivity contribution in [3.63, 3.8) is 0 Å². The topological polar surface area (TPSA) is 59.6 Å². The number of ether oxygens (including phenoxy) is 2. The molecule has 2 atom stereocenters. The SMILES string of the molecule is COc1ccccc1OCC[C@@H]1NC(=O)CN[C@H]1c1ccccc1.Cl. The Bertz CT molecular complexity index is 681. The molecular formula is C19H23ClN2O3. The number of amides is 1. The minimum atomic E-state index is -0.0108. The molecule has 0 saturated carbocycles. The van der Waals surface area contributed by atoms with E-state index in [0.29, 0.717) is 31.1 Å². The van der Waals surface area contributed by atoms with Crippen molar-refractivity contribution in [2.45, 2.75) is 18.5 Å². The van der Waals surface area contributed by atoms with Gasteiger partial charge in [0.1, 0.15) is 0 Å². The predicted octanol–water partition coefficient (Wildman–Crippen LogP) is 2.72. The van der Waals surface area contributed by atoms with E-state index in [0.717, 1.165) is 0 Å². The van der Waals surface area contributed by atoms with Crippen LogP contribution in [0.5, 0.6) is 11.5 Å². The highest BCUT2D eigenvalue weighted by atomic mass is 35.5. The van der Waals surface area contributed by atoms with Crippen LogP contribution in [0, 0.1) is 0 Å². The Morgan fingerprint density at radius 1 is 1.04 bits per heavy atom. The zero-order valence-corrected chi connectivity index (χ0v) is 14.9. The number of rotatable bonds is 6. The monoisotopic (exact) mass is 362 g/mol. The van der Waals surface area contributed by atoms with Gasteiger partial charge in [0, 0.05) is 6.42 Å². The predicted molar refractivity (Wildman–Crippen MR) is 99.5 cm³/mol. The fourth-order valence-corrected chi connectivity index (χ4v) is 2.97. The van der Waals surface area contributed by atoms with Crippen molar-refractivity contribution in [3.05, 3.63) is 60.2 Å². The van der Waals surface area contributed by atoms with Crippen molar-refractivity contribution >= 4 is 18.3 Å². The van der Waals surface area contributed by atoms with Gasteiger partial charge in [0.05, 0.1) is 32.3 Å². The average Bonchev–Trinajstić information content (AvgIpc) is 2.63. The molecule has 5 nitrogen and oxygen atoms in total. The lowest BCUT2D eigenvalue weighted by molar-refractivity contribution is -0.123. The van der Waals surface area contributed by atoms with Gasteiger partial charge in [0.25, 0.3) is 0 Å². The summed E-state index contributed by atoms with van der Waals surface area (Å²) in [6.07, 6.45) is 0.705. The zero-order chi connectivity index (χ0) is 16.8. The molecule has 1 fully saturated rings. The molecule has 1 aliphatic rings. The third-order valence-electron chi connectivity index (χ3n) is 4.15. The number of carbonyl (C=O) groups is 1. The lowest BCUT2D eigenvalue weighted by Crippen LogP contribution is -2.54. The van der Waals surface area contributed by atoms with Crippen molar-refractivity contribution in [1.29, 1.82) is 0 Å². The molecule has 3 rings (SSSR count). The van der Waals surface area contributed by atoms with E-state index in [4.69, 9.17) is 9.47 Å². The number of nitrogens with one attached hydrogen (secondary N) is 2. The largest absolute Gasteiger partial charge is 0.493 e. The second-order valence-corrected chi connectivity index (χ2v) is 5.73. The molecule has 2 aromatic carbocycles. The Morgan fingerprint density at radius 2 is 1.72 bits per heavy atom. The summed E-state index contributed by atoms with van der Waals surface area (Å²) in [5.41, 5.74) is 1.17. The fourth-order valence-electron chi connectivity index (χ4n) is 2.97. The molecule has 1 saturated heterocycles. The second-order valence-electron chi connectivity index (χ2n) is 5.73. The normalized spacial score (nSPS) is 19.5. The summed E-state index contributed by atoms with van der Waals surface area (Å²) in [4.78, 5) is 11.7. The number of halogens is 1. The van der Waals surface area contributed by atoms with E-state index >= 15 is 0 Å². The van der Waals surface area contributed by atoms with Gasteiger partial charge in [0.2, 0.25) is 5.91 Å². The van der Waals surface area contributed by atoms with Gasteiger partial charge in [-0.3, -0.25) is 10.1 Å². The Kier molecular flexibility index (Phi) is 7.10. The summed E-state index contributed by atoms with van der Waals surface area (Å²) in [5, 5.41) is 6.38. The Balaban J connectivity index is 0.00000225.